The van der Waals surface area contributed by atoms with E-state index in [2.05, 4.69) is 4.98 Å². The SMILES string of the molecule is O=C(c1cccc(Cl)c1)N1CCC[C@H]1c1ccncc1. The topological polar surface area (TPSA) is 33.2 Å². The monoisotopic (exact) mass is 286 g/mol. The smallest absolute Gasteiger partial charge is 0.254 e. The van der Waals surface area contributed by atoms with E-state index in [-0.39, 0.29) is 11.9 Å². The third-order valence-corrected chi connectivity index (χ3v) is 3.91. The van der Waals surface area contributed by atoms with Gasteiger partial charge in [-0.05, 0) is 48.7 Å². The summed E-state index contributed by atoms with van der Waals surface area (Å²) in [5.74, 6) is 0.0480. The van der Waals surface area contributed by atoms with Crippen LogP contribution in [0.2, 0.25) is 5.02 Å². The molecule has 0 N–H and O–H groups in total. The van der Waals surface area contributed by atoms with Crippen molar-refractivity contribution in [3.05, 3.63) is 64.9 Å². The highest BCUT2D eigenvalue weighted by Gasteiger charge is 2.30. The Balaban J connectivity index is 1.87. The minimum atomic E-state index is 0.0480. The second-order valence-electron chi connectivity index (χ2n) is 4.95. The molecule has 0 aliphatic carbocycles. The van der Waals surface area contributed by atoms with Crippen LogP contribution in [0.5, 0.6) is 0 Å². The molecule has 4 heteroatoms. The lowest BCUT2D eigenvalue weighted by Gasteiger charge is -2.25. The fourth-order valence-electron chi connectivity index (χ4n) is 2.73. The van der Waals surface area contributed by atoms with Gasteiger partial charge in [-0.15, -0.1) is 0 Å². The number of nitrogens with zero attached hydrogens (tertiary/aromatic N) is 2. The van der Waals surface area contributed by atoms with Gasteiger partial charge in [-0.3, -0.25) is 9.78 Å². The van der Waals surface area contributed by atoms with Gasteiger partial charge in [0.25, 0.3) is 5.91 Å². The van der Waals surface area contributed by atoms with Crippen molar-refractivity contribution in [1.82, 2.24) is 9.88 Å². The largest absolute Gasteiger partial charge is 0.332 e. The van der Waals surface area contributed by atoms with Gasteiger partial charge in [0.15, 0.2) is 0 Å². The lowest BCUT2D eigenvalue weighted by atomic mass is 10.1. The van der Waals surface area contributed by atoms with Crippen LogP contribution in [-0.4, -0.2) is 22.3 Å². The van der Waals surface area contributed by atoms with E-state index < -0.39 is 0 Å². The Morgan fingerprint density at radius 3 is 2.80 bits per heavy atom. The lowest BCUT2D eigenvalue weighted by molar-refractivity contribution is 0.0735. The van der Waals surface area contributed by atoms with Gasteiger partial charge in [-0.25, -0.2) is 0 Å². The molecular weight excluding hydrogens is 272 g/mol. The van der Waals surface area contributed by atoms with Gasteiger partial charge in [0.1, 0.15) is 0 Å². The van der Waals surface area contributed by atoms with Gasteiger partial charge >= 0.3 is 0 Å². The maximum Gasteiger partial charge on any atom is 0.254 e. The fraction of sp³-hybridized carbons (Fsp3) is 0.250. The van der Waals surface area contributed by atoms with E-state index in [0.29, 0.717) is 10.6 Å². The molecule has 102 valence electrons. The third-order valence-electron chi connectivity index (χ3n) is 3.68. The van der Waals surface area contributed by atoms with E-state index >= 15 is 0 Å². The predicted octanol–water partition coefficient (Wildman–Crippen LogP) is 3.71. The van der Waals surface area contributed by atoms with Gasteiger partial charge in [-0.2, -0.15) is 0 Å². The van der Waals surface area contributed by atoms with Gasteiger partial charge in [-0.1, -0.05) is 17.7 Å². The summed E-state index contributed by atoms with van der Waals surface area (Å²) >= 11 is 5.97. The van der Waals surface area contributed by atoms with Crippen molar-refractivity contribution >= 4 is 17.5 Å². The van der Waals surface area contributed by atoms with Crippen LogP contribution in [0.15, 0.2) is 48.8 Å². The van der Waals surface area contributed by atoms with Crippen LogP contribution in [0.1, 0.15) is 34.8 Å². The quantitative estimate of drug-likeness (QED) is 0.843. The summed E-state index contributed by atoms with van der Waals surface area (Å²) in [7, 11) is 0. The number of hydrogen-bond acceptors (Lipinski definition) is 2. The number of aromatic nitrogens is 1. The number of halogens is 1. The molecule has 2 aromatic rings. The highest BCUT2D eigenvalue weighted by atomic mass is 35.5. The lowest BCUT2D eigenvalue weighted by Crippen LogP contribution is -2.30. The molecule has 1 amide bonds. The van der Waals surface area contributed by atoms with Crippen molar-refractivity contribution in [3.8, 4) is 0 Å². The molecule has 2 heterocycles. The first-order chi connectivity index (χ1) is 9.75. The Hall–Kier alpha value is -1.87. The molecule has 0 radical (unpaired) electrons. The summed E-state index contributed by atoms with van der Waals surface area (Å²) in [6, 6.07) is 11.2. The fourth-order valence-corrected chi connectivity index (χ4v) is 2.92. The van der Waals surface area contributed by atoms with Gasteiger partial charge in [0.2, 0.25) is 0 Å². The number of hydrogen-bond donors (Lipinski definition) is 0. The number of likely N-dealkylation sites (tertiary alicyclic amines) is 1. The first-order valence-corrected chi connectivity index (χ1v) is 7.10. The molecular formula is C16H15ClN2O. The standard InChI is InChI=1S/C16H15ClN2O/c17-14-4-1-3-13(11-14)16(20)19-10-2-5-15(19)12-6-8-18-9-7-12/h1,3-4,6-9,11,15H,2,5,10H2/t15-/m0/s1. The molecule has 1 atom stereocenters. The average Bonchev–Trinajstić information content (AvgIpc) is 2.97. The van der Waals surface area contributed by atoms with Gasteiger partial charge < -0.3 is 4.90 Å². The molecule has 0 bridgehead atoms. The molecule has 1 fully saturated rings. The molecule has 0 spiro atoms. The maximum atomic E-state index is 12.6. The second kappa shape index (κ2) is 5.63. The molecule has 3 nitrogen and oxygen atoms in total. The van der Waals surface area contributed by atoms with Crippen molar-refractivity contribution in [1.29, 1.82) is 0 Å². The molecule has 0 unspecified atom stereocenters. The summed E-state index contributed by atoms with van der Waals surface area (Å²) in [5, 5.41) is 0.593. The third kappa shape index (κ3) is 2.54. The predicted molar refractivity (Wildman–Crippen MR) is 78.7 cm³/mol. The van der Waals surface area contributed by atoms with Crippen molar-refractivity contribution in [2.24, 2.45) is 0 Å². The van der Waals surface area contributed by atoms with E-state index in [0.717, 1.165) is 24.9 Å². The number of rotatable bonds is 2. The summed E-state index contributed by atoms with van der Waals surface area (Å²) in [6.45, 7) is 0.790. The van der Waals surface area contributed by atoms with Crippen LogP contribution in [0.3, 0.4) is 0 Å². The molecule has 1 aromatic carbocycles. The summed E-state index contributed by atoms with van der Waals surface area (Å²) in [4.78, 5) is 18.6. The van der Waals surface area contributed by atoms with E-state index in [4.69, 9.17) is 11.6 Å². The Labute approximate surface area is 123 Å². The van der Waals surface area contributed by atoms with Crippen molar-refractivity contribution < 1.29 is 4.79 Å². The summed E-state index contributed by atoms with van der Waals surface area (Å²) < 4.78 is 0. The maximum absolute atomic E-state index is 12.6. The summed E-state index contributed by atoms with van der Waals surface area (Å²) in [6.07, 6.45) is 5.57. The second-order valence-corrected chi connectivity index (χ2v) is 5.38. The number of carbonyl (C=O) groups excluding carboxylic acids is 1. The molecule has 0 saturated carbocycles. The van der Waals surface area contributed by atoms with Crippen molar-refractivity contribution in [2.75, 3.05) is 6.54 Å². The number of carbonyl (C=O) groups is 1. The number of amides is 1. The van der Waals surface area contributed by atoms with Crippen molar-refractivity contribution in [2.45, 2.75) is 18.9 Å². The first kappa shape index (κ1) is 13.1. The van der Waals surface area contributed by atoms with E-state index in [1.807, 2.05) is 29.2 Å². The average molecular weight is 287 g/mol. The molecule has 1 aliphatic heterocycles. The van der Waals surface area contributed by atoms with Crippen LogP contribution in [-0.2, 0) is 0 Å². The van der Waals surface area contributed by atoms with Crippen molar-refractivity contribution in [3.63, 3.8) is 0 Å². The molecule has 1 saturated heterocycles. The normalized spacial score (nSPS) is 18.2. The minimum Gasteiger partial charge on any atom is -0.332 e. The zero-order chi connectivity index (χ0) is 13.9. The van der Waals surface area contributed by atoms with E-state index in [1.54, 1.807) is 24.5 Å². The first-order valence-electron chi connectivity index (χ1n) is 6.72. The molecule has 3 rings (SSSR count). The van der Waals surface area contributed by atoms with E-state index in [1.165, 1.54) is 0 Å². The zero-order valence-corrected chi connectivity index (χ0v) is 11.8. The van der Waals surface area contributed by atoms with Gasteiger partial charge in [0, 0.05) is 29.5 Å². The zero-order valence-electron chi connectivity index (χ0n) is 11.0. The van der Waals surface area contributed by atoms with E-state index in [9.17, 15) is 4.79 Å². The highest BCUT2D eigenvalue weighted by Crippen LogP contribution is 2.32. The van der Waals surface area contributed by atoms with Crippen LogP contribution < -0.4 is 0 Å². The Morgan fingerprint density at radius 1 is 1.25 bits per heavy atom. The molecule has 1 aromatic heterocycles. The number of benzene rings is 1. The van der Waals surface area contributed by atoms with Gasteiger partial charge in [0.05, 0.1) is 6.04 Å². The van der Waals surface area contributed by atoms with Crippen LogP contribution >= 0.6 is 11.6 Å². The van der Waals surface area contributed by atoms with Crippen LogP contribution in [0, 0.1) is 0 Å². The Morgan fingerprint density at radius 2 is 2.05 bits per heavy atom. The van der Waals surface area contributed by atoms with Crippen LogP contribution in [0.25, 0.3) is 0 Å². The molecule has 20 heavy (non-hydrogen) atoms. The number of pyridine rings is 1. The summed E-state index contributed by atoms with van der Waals surface area (Å²) in [5.41, 5.74) is 1.80. The van der Waals surface area contributed by atoms with Crippen LogP contribution in [0.4, 0.5) is 0 Å². The highest BCUT2D eigenvalue weighted by molar-refractivity contribution is 6.30. The Kier molecular flexibility index (Phi) is 3.70. The molecule has 1 aliphatic rings. The minimum absolute atomic E-state index is 0.0480. The Bertz CT molecular complexity index is 615.